The van der Waals surface area contributed by atoms with Crippen molar-refractivity contribution in [2.45, 2.75) is 31.3 Å². The standard InChI is InChI=1S/C19H27N7O4S/c1-19(2,3)30-18(27)26-9-7-25(8-10-26)16-6-5-13(31(4,28)29)11-14(16)23-24-15(12-20)17(21)22/h5-6,11,23H,7-10H2,1-4H3,(H3,21,22)/b24-15+. The van der Waals surface area contributed by atoms with Crippen molar-refractivity contribution < 1.29 is 17.9 Å². The van der Waals surface area contributed by atoms with Gasteiger partial charge in [-0.2, -0.15) is 10.4 Å². The quantitative estimate of drug-likeness (QED) is 0.344. The molecule has 168 valence electrons. The predicted octanol–water partition coefficient (Wildman–Crippen LogP) is 1.37. The molecule has 31 heavy (non-hydrogen) atoms. The summed E-state index contributed by atoms with van der Waals surface area (Å²) in [7, 11) is -3.48. The summed E-state index contributed by atoms with van der Waals surface area (Å²) >= 11 is 0. The van der Waals surface area contributed by atoms with Crippen LogP contribution in [0.5, 0.6) is 0 Å². The topological polar surface area (TPSA) is 165 Å². The van der Waals surface area contributed by atoms with E-state index in [0.29, 0.717) is 37.6 Å². The molecule has 0 spiro atoms. The van der Waals surface area contributed by atoms with E-state index >= 15 is 0 Å². The van der Waals surface area contributed by atoms with Crippen molar-refractivity contribution in [2.75, 3.05) is 42.8 Å². The number of nitriles is 1. The summed E-state index contributed by atoms with van der Waals surface area (Å²) in [6.07, 6.45) is 0.702. The van der Waals surface area contributed by atoms with Crippen LogP contribution in [-0.4, -0.2) is 69.0 Å². The maximum Gasteiger partial charge on any atom is 0.410 e. The zero-order valence-corrected chi connectivity index (χ0v) is 18.8. The van der Waals surface area contributed by atoms with Gasteiger partial charge in [-0.15, -0.1) is 0 Å². The second kappa shape index (κ2) is 9.22. The Balaban J connectivity index is 2.27. The zero-order chi connectivity index (χ0) is 23.4. The number of amidine groups is 1. The summed E-state index contributed by atoms with van der Waals surface area (Å²) in [6.45, 7) is 7.21. The van der Waals surface area contributed by atoms with Gasteiger partial charge in [0.05, 0.1) is 16.3 Å². The molecule has 0 aromatic heterocycles. The van der Waals surface area contributed by atoms with Crippen molar-refractivity contribution in [1.29, 1.82) is 10.7 Å². The molecule has 1 aliphatic heterocycles. The Hall–Kier alpha value is -3.33. The van der Waals surface area contributed by atoms with Crippen LogP contribution in [0, 0.1) is 16.7 Å². The van der Waals surface area contributed by atoms with E-state index in [1.54, 1.807) is 37.8 Å². The Morgan fingerprint density at radius 2 is 1.90 bits per heavy atom. The van der Waals surface area contributed by atoms with Crippen LogP contribution in [0.25, 0.3) is 0 Å². The number of nitrogens with zero attached hydrogens (tertiary/aromatic N) is 4. The van der Waals surface area contributed by atoms with Crippen LogP contribution in [0.4, 0.5) is 16.2 Å². The number of piperazine rings is 1. The van der Waals surface area contributed by atoms with Crippen LogP contribution in [0.15, 0.2) is 28.2 Å². The molecule has 2 rings (SSSR count). The smallest absolute Gasteiger partial charge is 0.410 e. The fourth-order valence-corrected chi connectivity index (χ4v) is 3.48. The van der Waals surface area contributed by atoms with E-state index in [1.165, 1.54) is 12.1 Å². The number of hydrogen-bond donors (Lipinski definition) is 3. The largest absolute Gasteiger partial charge is 0.444 e. The highest BCUT2D eigenvalue weighted by atomic mass is 32.2. The van der Waals surface area contributed by atoms with Crippen molar-refractivity contribution in [1.82, 2.24) is 4.90 Å². The van der Waals surface area contributed by atoms with Gasteiger partial charge in [-0.05, 0) is 39.0 Å². The van der Waals surface area contributed by atoms with E-state index in [-0.39, 0.29) is 16.7 Å². The van der Waals surface area contributed by atoms with Gasteiger partial charge in [-0.1, -0.05) is 0 Å². The van der Waals surface area contributed by atoms with Crippen molar-refractivity contribution in [3.05, 3.63) is 18.2 Å². The lowest BCUT2D eigenvalue weighted by Crippen LogP contribution is -2.50. The highest BCUT2D eigenvalue weighted by molar-refractivity contribution is 7.90. The van der Waals surface area contributed by atoms with Gasteiger partial charge in [0.1, 0.15) is 11.7 Å². The summed E-state index contributed by atoms with van der Waals surface area (Å²) < 4.78 is 29.3. The Morgan fingerprint density at radius 3 is 2.39 bits per heavy atom. The summed E-state index contributed by atoms with van der Waals surface area (Å²) in [5.74, 6) is -0.512. The van der Waals surface area contributed by atoms with Gasteiger partial charge in [0.2, 0.25) is 5.71 Å². The number of ether oxygens (including phenoxy) is 1. The maximum atomic E-state index is 12.3. The second-order valence-corrected chi connectivity index (χ2v) is 10.0. The molecule has 1 aromatic rings. The fourth-order valence-electron chi connectivity index (χ4n) is 2.83. The molecule has 0 radical (unpaired) electrons. The van der Waals surface area contributed by atoms with Gasteiger partial charge in [-0.3, -0.25) is 10.8 Å². The van der Waals surface area contributed by atoms with E-state index in [2.05, 4.69) is 10.5 Å². The number of anilines is 2. The fraction of sp³-hybridized carbons (Fsp3) is 0.474. The third-order valence-corrected chi connectivity index (χ3v) is 5.43. The van der Waals surface area contributed by atoms with Crippen molar-refractivity contribution in [3.63, 3.8) is 0 Å². The van der Waals surface area contributed by atoms with Crippen molar-refractivity contribution in [3.8, 4) is 6.07 Å². The number of carbonyl (C=O) groups is 1. The van der Waals surface area contributed by atoms with Crippen LogP contribution >= 0.6 is 0 Å². The summed E-state index contributed by atoms with van der Waals surface area (Å²) in [5, 5.41) is 20.2. The number of sulfone groups is 1. The highest BCUT2D eigenvalue weighted by Crippen LogP contribution is 2.30. The minimum absolute atomic E-state index is 0.0719. The Bertz CT molecular complexity index is 1030. The first-order valence-electron chi connectivity index (χ1n) is 9.47. The van der Waals surface area contributed by atoms with Gasteiger partial charge in [0, 0.05) is 32.4 Å². The molecule has 0 saturated carbocycles. The molecule has 11 nitrogen and oxygen atoms in total. The molecule has 1 saturated heterocycles. The Kier molecular flexibility index (Phi) is 7.12. The number of amides is 1. The van der Waals surface area contributed by atoms with Crippen LogP contribution in [0.2, 0.25) is 0 Å². The van der Waals surface area contributed by atoms with Crippen molar-refractivity contribution >= 4 is 38.9 Å². The molecule has 12 heteroatoms. The minimum Gasteiger partial charge on any atom is -0.444 e. The Morgan fingerprint density at radius 1 is 1.29 bits per heavy atom. The molecule has 1 aliphatic rings. The average Bonchev–Trinajstić information content (AvgIpc) is 2.66. The summed E-state index contributed by atoms with van der Waals surface area (Å²) in [5.41, 5.74) is 8.03. The normalized spacial score (nSPS) is 15.3. The number of nitrogens with one attached hydrogen (secondary N) is 2. The van der Waals surface area contributed by atoms with Gasteiger partial charge < -0.3 is 20.3 Å². The van der Waals surface area contributed by atoms with Crippen LogP contribution in [0.1, 0.15) is 20.8 Å². The molecular formula is C19H27N7O4S. The van der Waals surface area contributed by atoms with E-state index in [9.17, 15) is 13.2 Å². The van der Waals surface area contributed by atoms with E-state index in [1.807, 2.05) is 4.90 Å². The molecular weight excluding hydrogens is 422 g/mol. The second-order valence-electron chi connectivity index (χ2n) is 8.00. The molecule has 1 heterocycles. The van der Waals surface area contributed by atoms with E-state index in [0.717, 1.165) is 6.26 Å². The van der Waals surface area contributed by atoms with Crippen LogP contribution < -0.4 is 16.1 Å². The molecule has 0 bridgehead atoms. The average molecular weight is 450 g/mol. The number of rotatable bonds is 5. The third kappa shape index (κ3) is 6.58. The van der Waals surface area contributed by atoms with Gasteiger partial charge in [0.25, 0.3) is 0 Å². The van der Waals surface area contributed by atoms with Gasteiger partial charge >= 0.3 is 6.09 Å². The van der Waals surface area contributed by atoms with Gasteiger partial charge in [0.15, 0.2) is 15.7 Å². The lowest BCUT2D eigenvalue weighted by molar-refractivity contribution is 0.0240. The number of hydrogen-bond acceptors (Lipinski definition) is 9. The monoisotopic (exact) mass is 449 g/mol. The highest BCUT2D eigenvalue weighted by Gasteiger charge is 2.27. The van der Waals surface area contributed by atoms with Crippen LogP contribution in [0.3, 0.4) is 0 Å². The summed E-state index contributed by atoms with van der Waals surface area (Å²) in [4.78, 5) is 15.9. The van der Waals surface area contributed by atoms with Crippen LogP contribution in [-0.2, 0) is 14.6 Å². The molecule has 0 unspecified atom stereocenters. The Labute approximate surface area is 181 Å². The van der Waals surface area contributed by atoms with Gasteiger partial charge in [-0.25, -0.2) is 13.2 Å². The maximum absolute atomic E-state index is 12.3. The first-order valence-corrected chi connectivity index (χ1v) is 11.4. The molecule has 0 aliphatic carbocycles. The zero-order valence-electron chi connectivity index (χ0n) is 18.0. The lowest BCUT2D eigenvalue weighted by Gasteiger charge is -2.37. The number of hydrazone groups is 1. The first-order chi connectivity index (χ1) is 14.3. The molecule has 1 amide bonds. The number of benzene rings is 1. The minimum atomic E-state index is -3.48. The van der Waals surface area contributed by atoms with E-state index < -0.39 is 21.3 Å². The number of carbonyl (C=O) groups excluding carboxylic acids is 1. The van der Waals surface area contributed by atoms with Crippen molar-refractivity contribution in [2.24, 2.45) is 10.8 Å². The SMILES string of the molecule is CC(C)(C)OC(=O)N1CCN(c2ccc(S(C)(=O)=O)cc2N/N=C(\C#N)C(=N)N)CC1. The number of nitrogens with two attached hydrogens (primary N) is 1. The third-order valence-electron chi connectivity index (χ3n) is 4.32. The first kappa shape index (κ1) is 23.9. The molecule has 1 fully saturated rings. The predicted molar refractivity (Wildman–Crippen MR) is 118 cm³/mol. The molecule has 0 atom stereocenters. The lowest BCUT2D eigenvalue weighted by atomic mass is 10.2. The molecule has 1 aromatic carbocycles. The molecule has 4 N–H and O–H groups in total. The summed E-state index contributed by atoms with van der Waals surface area (Å²) in [6, 6.07) is 6.22. The van der Waals surface area contributed by atoms with E-state index in [4.69, 9.17) is 21.1 Å².